The molecule has 0 amide bonds. The second-order valence-electron chi connectivity index (χ2n) is 7.16. The van der Waals surface area contributed by atoms with Crippen molar-refractivity contribution in [2.24, 2.45) is 0 Å². The fraction of sp³-hybridized carbons (Fsp3) is 0.625. The molecule has 8 heteroatoms. The topological polar surface area (TPSA) is 36.9 Å². The van der Waals surface area contributed by atoms with Crippen LogP contribution in [0.2, 0.25) is 0 Å². The molecule has 2 heterocycles. The van der Waals surface area contributed by atoms with E-state index in [1.54, 1.807) is 6.07 Å². The fourth-order valence-corrected chi connectivity index (χ4v) is 2.70. The third-order valence-corrected chi connectivity index (χ3v) is 4.88. The molecule has 0 aromatic heterocycles. The Balaban J connectivity index is 1.93. The Bertz CT molecular complexity index is 610. The molecule has 3 rings (SSSR count). The first-order valence-electron chi connectivity index (χ1n) is 7.81. The van der Waals surface area contributed by atoms with E-state index in [1.165, 1.54) is 12.1 Å². The molecule has 24 heavy (non-hydrogen) atoms. The van der Waals surface area contributed by atoms with E-state index in [2.05, 4.69) is 4.74 Å². The highest BCUT2D eigenvalue weighted by Crippen LogP contribution is 2.38. The monoisotopic (exact) mass is 344 g/mol. The number of halogens is 3. The van der Waals surface area contributed by atoms with Crippen LogP contribution < -0.4 is 10.2 Å². The van der Waals surface area contributed by atoms with Crippen LogP contribution in [-0.2, 0) is 14.0 Å². The van der Waals surface area contributed by atoms with Gasteiger partial charge in [0.15, 0.2) is 0 Å². The molecule has 132 valence electrons. The summed E-state index contributed by atoms with van der Waals surface area (Å²) in [6.45, 7) is 8.64. The smallest absolute Gasteiger partial charge is 0.406 e. The number of rotatable bonds is 3. The number of hydrogen-bond acceptors (Lipinski definition) is 4. The summed E-state index contributed by atoms with van der Waals surface area (Å²) in [4.78, 5) is 0. The molecule has 4 nitrogen and oxygen atoms in total. The van der Waals surface area contributed by atoms with Crippen LogP contribution in [0.15, 0.2) is 18.2 Å². The first-order chi connectivity index (χ1) is 11.0. The summed E-state index contributed by atoms with van der Waals surface area (Å²) in [6, 6.07) is 4.27. The molecule has 2 fully saturated rings. The van der Waals surface area contributed by atoms with Crippen LogP contribution in [0.25, 0.3) is 0 Å². The summed E-state index contributed by atoms with van der Waals surface area (Å²) >= 11 is 0. The second-order valence-corrected chi connectivity index (χ2v) is 7.16. The Morgan fingerprint density at radius 3 is 2.12 bits per heavy atom. The normalized spacial score (nSPS) is 23.2. The second kappa shape index (κ2) is 5.64. The van der Waals surface area contributed by atoms with E-state index in [-0.39, 0.29) is 11.7 Å². The molecule has 1 aromatic rings. The molecular weight excluding hydrogens is 324 g/mol. The van der Waals surface area contributed by atoms with Crippen LogP contribution in [0.5, 0.6) is 5.75 Å². The average Bonchev–Trinajstić information content (AvgIpc) is 2.54. The minimum Gasteiger partial charge on any atom is -0.406 e. The molecule has 2 aliphatic rings. The van der Waals surface area contributed by atoms with Crippen molar-refractivity contribution in [1.82, 2.24) is 0 Å². The highest BCUT2D eigenvalue weighted by Gasteiger charge is 2.52. The first kappa shape index (κ1) is 17.6. The molecule has 0 bridgehead atoms. The van der Waals surface area contributed by atoms with Gasteiger partial charge in [0, 0.05) is 5.92 Å². The molecule has 0 aliphatic carbocycles. The van der Waals surface area contributed by atoms with E-state index in [1.807, 2.05) is 27.7 Å². The van der Waals surface area contributed by atoms with E-state index in [9.17, 15) is 13.2 Å². The highest BCUT2D eigenvalue weighted by atomic mass is 19.4. The number of alkyl halides is 3. The number of hydrogen-bond donors (Lipinski definition) is 0. The number of ether oxygens (including phenoxy) is 2. The maximum atomic E-state index is 12.5. The molecule has 0 radical (unpaired) electrons. The van der Waals surface area contributed by atoms with Crippen LogP contribution in [0, 0.1) is 0 Å². The van der Waals surface area contributed by atoms with E-state index in [0.717, 1.165) is 5.46 Å². The third-order valence-electron chi connectivity index (χ3n) is 4.88. The summed E-state index contributed by atoms with van der Waals surface area (Å²) in [7, 11) is -0.634. The molecular formula is C16H20BF3O4. The molecule has 2 saturated heterocycles. The summed E-state index contributed by atoms with van der Waals surface area (Å²) in [6.07, 6.45) is -4.72. The van der Waals surface area contributed by atoms with Gasteiger partial charge in [-0.25, -0.2) is 0 Å². The highest BCUT2D eigenvalue weighted by molar-refractivity contribution is 6.62. The van der Waals surface area contributed by atoms with Gasteiger partial charge < -0.3 is 18.8 Å². The average molecular weight is 344 g/mol. The van der Waals surface area contributed by atoms with Crippen molar-refractivity contribution in [2.75, 3.05) is 13.2 Å². The van der Waals surface area contributed by atoms with Gasteiger partial charge in [-0.15, -0.1) is 13.2 Å². The first-order valence-corrected chi connectivity index (χ1v) is 7.81. The predicted octanol–water partition coefficient (Wildman–Crippen LogP) is 3.00. The van der Waals surface area contributed by atoms with Gasteiger partial charge in [-0.05, 0) is 50.9 Å². The third kappa shape index (κ3) is 3.27. The van der Waals surface area contributed by atoms with Crippen molar-refractivity contribution >= 4 is 12.6 Å². The Morgan fingerprint density at radius 2 is 1.67 bits per heavy atom. The molecule has 0 spiro atoms. The van der Waals surface area contributed by atoms with Gasteiger partial charge in [0.25, 0.3) is 0 Å². The summed E-state index contributed by atoms with van der Waals surface area (Å²) in [5.74, 6) is -0.236. The molecule has 0 saturated carbocycles. The maximum absolute atomic E-state index is 12.5. The minimum atomic E-state index is -4.72. The fourth-order valence-electron chi connectivity index (χ4n) is 2.70. The van der Waals surface area contributed by atoms with Gasteiger partial charge in [0.2, 0.25) is 0 Å². The van der Waals surface area contributed by atoms with Crippen LogP contribution in [0.4, 0.5) is 13.2 Å². The number of benzene rings is 1. The lowest BCUT2D eigenvalue weighted by Gasteiger charge is -2.32. The lowest BCUT2D eigenvalue weighted by molar-refractivity contribution is -0.274. The van der Waals surface area contributed by atoms with Gasteiger partial charge >= 0.3 is 13.5 Å². The van der Waals surface area contributed by atoms with Crippen molar-refractivity contribution in [3.63, 3.8) is 0 Å². The van der Waals surface area contributed by atoms with E-state index in [4.69, 9.17) is 14.0 Å². The Labute approximate surface area is 139 Å². The molecule has 2 aliphatic heterocycles. The summed E-state index contributed by atoms with van der Waals surface area (Å²) in [5, 5.41) is 0. The van der Waals surface area contributed by atoms with Gasteiger partial charge in [-0.2, -0.15) is 0 Å². The van der Waals surface area contributed by atoms with Gasteiger partial charge in [-0.3, -0.25) is 0 Å². The Hall–Kier alpha value is -1.25. The Kier molecular flexibility index (Phi) is 4.13. The van der Waals surface area contributed by atoms with Crippen molar-refractivity contribution in [1.29, 1.82) is 0 Å². The van der Waals surface area contributed by atoms with Crippen molar-refractivity contribution in [2.45, 2.75) is 51.2 Å². The molecule has 1 aromatic carbocycles. The summed E-state index contributed by atoms with van der Waals surface area (Å²) < 4.78 is 58.7. The zero-order chi connectivity index (χ0) is 17.8. The van der Waals surface area contributed by atoms with Gasteiger partial charge in [0.1, 0.15) is 5.75 Å². The van der Waals surface area contributed by atoms with Crippen molar-refractivity contribution in [3.05, 3.63) is 23.8 Å². The van der Waals surface area contributed by atoms with Crippen LogP contribution in [0.3, 0.4) is 0 Å². The SMILES string of the molecule is CC1(C)OB(c2ccc(OC(F)(F)F)cc2C2COC2)OC1(C)C. The summed E-state index contributed by atoms with van der Waals surface area (Å²) in [5.41, 5.74) is 0.385. The van der Waals surface area contributed by atoms with Crippen molar-refractivity contribution in [3.8, 4) is 5.75 Å². The van der Waals surface area contributed by atoms with E-state index >= 15 is 0 Å². The molecule has 0 N–H and O–H groups in total. The standard InChI is InChI=1S/C16H20BF3O4/c1-14(2)15(3,4)24-17(23-14)13-6-5-11(22-16(18,19)20)7-12(13)10-8-21-9-10/h5-7,10H,8-9H2,1-4H3. The minimum absolute atomic E-state index is 0.0100. The van der Waals surface area contributed by atoms with Crippen LogP contribution >= 0.6 is 0 Å². The maximum Gasteiger partial charge on any atom is 0.573 e. The zero-order valence-electron chi connectivity index (χ0n) is 14.1. The molecule has 0 unspecified atom stereocenters. The van der Waals surface area contributed by atoms with Crippen LogP contribution in [0.1, 0.15) is 39.2 Å². The van der Waals surface area contributed by atoms with Crippen LogP contribution in [-0.4, -0.2) is 37.9 Å². The Morgan fingerprint density at radius 1 is 1.08 bits per heavy atom. The quantitative estimate of drug-likeness (QED) is 0.790. The van der Waals surface area contributed by atoms with Gasteiger partial charge in [0.05, 0.1) is 24.4 Å². The van der Waals surface area contributed by atoms with Crippen molar-refractivity contribution < 1.29 is 32.0 Å². The predicted molar refractivity (Wildman–Crippen MR) is 82.4 cm³/mol. The largest absolute Gasteiger partial charge is 0.573 e. The lowest BCUT2D eigenvalue weighted by atomic mass is 9.72. The zero-order valence-corrected chi connectivity index (χ0v) is 14.1. The van der Waals surface area contributed by atoms with E-state index in [0.29, 0.717) is 18.8 Å². The van der Waals surface area contributed by atoms with E-state index < -0.39 is 24.7 Å². The lowest BCUT2D eigenvalue weighted by Crippen LogP contribution is -2.41. The molecule has 0 atom stereocenters. The van der Waals surface area contributed by atoms with Gasteiger partial charge in [-0.1, -0.05) is 6.07 Å².